The van der Waals surface area contributed by atoms with Gasteiger partial charge in [-0.25, -0.2) is 0 Å². The molecule has 6 nitrogen and oxygen atoms in total. The van der Waals surface area contributed by atoms with E-state index in [1.165, 1.54) is 0 Å². The molecule has 26 heavy (non-hydrogen) atoms. The van der Waals surface area contributed by atoms with Gasteiger partial charge < -0.3 is 15.7 Å². The van der Waals surface area contributed by atoms with Crippen LogP contribution in [0.5, 0.6) is 0 Å². The Labute approximate surface area is 152 Å². The summed E-state index contributed by atoms with van der Waals surface area (Å²) in [7, 11) is 0. The number of amides is 2. The Bertz CT molecular complexity index is 809. The normalized spacial score (nSPS) is 11.2. The molecule has 0 heterocycles. The van der Waals surface area contributed by atoms with E-state index in [0.717, 1.165) is 16.3 Å². The monoisotopic (exact) mass is 356 g/mol. The summed E-state index contributed by atoms with van der Waals surface area (Å²) in [6.07, 6.45) is 0.513. The van der Waals surface area contributed by atoms with Crippen molar-refractivity contribution in [2.24, 2.45) is 5.41 Å². The van der Waals surface area contributed by atoms with Crippen molar-refractivity contribution in [2.75, 3.05) is 13.1 Å². The molecule has 0 atom stereocenters. The Morgan fingerprint density at radius 2 is 1.65 bits per heavy atom. The molecular weight excluding hydrogens is 332 g/mol. The maximum absolute atomic E-state index is 12.1. The largest absolute Gasteiger partial charge is 0.481 e. The van der Waals surface area contributed by atoms with Crippen molar-refractivity contribution >= 4 is 28.6 Å². The highest BCUT2D eigenvalue weighted by Gasteiger charge is 2.26. The zero-order chi connectivity index (χ0) is 19.2. The van der Waals surface area contributed by atoms with Crippen molar-refractivity contribution in [1.82, 2.24) is 10.6 Å². The molecule has 6 heteroatoms. The number of benzene rings is 2. The molecule has 0 spiro atoms. The van der Waals surface area contributed by atoms with E-state index in [0.29, 0.717) is 6.42 Å². The first-order valence-corrected chi connectivity index (χ1v) is 8.53. The van der Waals surface area contributed by atoms with Crippen LogP contribution in [0.1, 0.15) is 25.8 Å². The van der Waals surface area contributed by atoms with E-state index in [2.05, 4.69) is 10.6 Å². The summed E-state index contributed by atoms with van der Waals surface area (Å²) < 4.78 is 0. The Hall–Kier alpha value is -2.89. The summed E-state index contributed by atoms with van der Waals surface area (Å²) in [6.45, 7) is 3.33. The number of fused-ring (bicyclic) bond motifs is 1. The average molecular weight is 356 g/mol. The number of hydrogen-bond acceptors (Lipinski definition) is 3. The topological polar surface area (TPSA) is 95.5 Å². The van der Waals surface area contributed by atoms with Crippen LogP contribution < -0.4 is 10.6 Å². The lowest BCUT2D eigenvalue weighted by Gasteiger charge is -2.18. The quantitative estimate of drug-likeness (QED) is 0.675. The molecule has 0 bridgehead atoms. The smallest absolute Gasteiger partial charge is 0.309 e. The van der Waals surface area contributed by atoms with Gasteiger partial charge in [0.2, 0.25) is 11.8 Å². The molecule has 0 fully saturated rings. The molecule has 0 unspecified atom stereocenters. The third kappa shape index (κ3) is 5.31. The van der Waals surface area contributed by atoms with E-state index in [9.17, 15) is 14.4 Å². The van der Waals surface area contributed by atoms with Gasteiger partial charge in [-0.2, -0.15) is 0 Å². The third-order valence-electron chi connectivity index (χ3n) is 4.33. The van der Waals surface area contributed by atoms with Crippen molar-refractivity contribution in [3.05, 3.63) is 48.0 Å². The van der Waals surface area contributed by atoms with Gasteiger partial charge in [-0.15, -0.1) is 0 Å². The number of carbonyl (C=O) groups excluding carboxylic acids is 2. The van der Waals surface area contributed by atoms with E-state index in [-0.39, 0.29) is 31.3 Å². The van der Waals surface area contributed by atoms with Gasteiger partial charge in [0.05, 0.1) is 18.4 Å². The number of carboxylic acid groups (broad SMARTS) is 1. The second kappa shape index (κ2) is 8.47. The number of rotatable bonds is 8. The number of nitrogens with one attached hydrogen (secondary N) is 2. The first kappa shape index (κ1) is 19.4. The van der Waals surface area contributed by atoms with E-state index in [1.807, 2.05) is 42.5 Å². The molecule has 0 aliphatic rings. The lowest BCUT2D eigenvalue weighted by molar-refractivity contribution is -0.147. The van der Waals surface area contributed by atoms with Crippen molar-refractivity contribution in [1.29, 1.82) is 0 Å². The summed E-state index contributed by atoms with van der Waals surface area (Å²) in [4.78, 5) is 34.9. The van der Waals surface area contributed by atoms with Gasteiger partial charge in [-0.3, -0.25) is 14.4 Å². The van der Waals surface area contributed by atoms with Crippen LogP contribution in [0.25, 0.3) is 10.8 Å². The highest BCUT2D eigenvalue weighted by Crippen LogP contribution is 2.19. The molecular formula is C20H24N2O4. The molecule has 0 aromatic heterocycles. The average Bonchev–Trinajstić information content (AvgIpc) is 2.60. The Kier molecular flexibility index (Phi) is 6.33. The van der Waals surface area contributed by atoms with Crippen molar-refractivity contribution in [2.45, 2.75) is 26.7 Å². The van der Waals surface area contributed by atoms with Gasteiger partial charge in [0.15, 0.2) is 0 Å². The molecule has 0 saturated heterocycles. The fraction of sp³-hybridized carbons (Fsp3) is 0.350. The van der Waals surface area contributed by atoms with Gasteiger partial charge >= 0.3 is 5.97 Å². The van der Waals surface area contributed by atoms with E-state index in [4.69, 9.17) is 5.11 Å². The molecule has 2 amide bonds. The van der Waals surface area contributed by atoms with Crippen LogP contribution in [-0.2, 0) is 20.8 Å². The van der Waals surface area contributed by atoms with Crippen molar-refractivity contribution in [3.63, 3.8) is 0 Å². The van der Waals surface area contributed by atoms with Crippen LogP contribution in [0.3, 0.4) is 0 Å². The first-order chi connectivity index (χ1) is 12.3. The molecule has 2 rings (SSSR count). The fourth-order valence-corrected chi connectivity index (χ4v) is 2.54. The Morgan fingerprint density at radius 1 is 0.962 bits per heavy atom. The van der Waals surface area contributed by atoms with Gasteiger partial charge in [0, 0.05) is 6.54 Å². The fourth-order valence-electron chi connectivity index (χ4n) is 2.54. The van der Waals surface area contributed by atoms with Gasteiger partial charge in [-0.1, -0.05) is 42.5 Å². The second-order valence-electron chi connectivity index (χ2n) is 6.88. The summed E-state index contributed by atoms with van der Waals surface area (Å²) >= 11 is 0. The van der Waals surface area contributed by atoms with Crippen LogP contribution in [0.15, 0.2) is 42.5 Å². The summed E-state index contributed by atoms with van der Waals surface area (Å²) in [5, 5.41) is 16.3. The third-order valence-corrected chi connectivity index (χ3v) is 4.33. The minimum absolute atomic E-state index is 0.128. The number of carbonyl (C=O) groups is 3. The predicted octanol–water partition coefficient (Wildman–Crippen LogP) is 2.12. The standard InChI is InChI=1S/C20H24N2O4/c1-20(2,19(25)26)10-11-21-18(24)13-22-17(23)12-15-8-5-7-14-6-3-4-9-16(14)15/h3-9H,10-13H2,1-2H3,(H,21,24)(H,22,23)(H,25,26). The second-order valence-corrected chi connectivity index (χ2v) is 6.88. The first-order valence-electron chi connectivity index (χ1n) is 8.53. The van der Waals surface area contributed by atoms with Crippen LogP contribution in [0, 0.1) is 5.41 Å². The molecule has 0 aliphatic carbocycles. The highest BCUT2D eigenvalue weighted by molar-refractivity contribution is 5.91. The van der Waals surface area contributed by atoms with Crippen LogP contribution in [0.2, 0.25) is 0 Å². The highest BCUT2D eigenvalue weighted by atomic mass is 16.4. The number of carboxylic acids is 1. The lowest BCUT2D eigenvalue weighted by Crippen LogP contribution is -2.39. The number of hydrogen-bond donors (Lipinski definition) is 3. The molecule has 2 aromatic carbocycles. The van der Waals surface area contributed by atoms with E-state index >= 15 is 0 Å². The van der Waals surface area contributed by atoms with Crippen molar-refractivity contribution < 1.29 is 19.5 Å². The molecule has 2 aromatic rings. The summed E-state index contributed by atoms with van der Waals surface area (Å²) in [6, 6.07) is 13.6. The van der Waals surface area contributed by atoms with Gasteiger partial charge in [-0.05, 0) is 36.6 Å². The van der Waals surface area contributed by atoms with E-state index in [1.54, 1.807) is 13.8 Å². The molecule has 0 aliphatic heterocycles. The zero-order valence-electron chi connectivity index (χ0n) is 15.0. The van der Waals surface area contributed by atoms with Gasteiger partial charge in [0.25, 0.3) is 0 Å². The summed E-state index contributed by atoms with van der Waals surface area (Å²) in [5.74, 6) is -1.48. The lowest BCUT2D eigenvalue weighted by atomic mass is 9.90. The molecule has 0 radical (unpaired) electrons. The molecule has 138 valence electrons. The van der Waals surface area contributed by atoms with E-state index < -0.39 is 11.4 Å². The van der Waals surface area contributed by atoms with Crippen LogP contribution in [-0.4, -0.2) is 36.0 Å². The zero-order valence-corrected chi connectivity index (χ0v) is 15.0. The number of aliphatic carboxylic acids is 1. The van der Waals surface area contributed by atoms with Gasteiger partial charge in [0.1, 0.15) is 0 Å². The Morgan fingerprint density at radius 3 is 2.38 bits per heavy atom. The maximum atomic E-state index is 12.1. The van der Waals surface area contributed by atoms with Crippen LogP contribution in [0.4, 0.5) is 0 Å². The maximum Gasteiger partial charge on any atom is 0.309 e. The van der Waals surface area contributed by atoms with Crippen LogP contribution >= 0.6 is 0 Å². The SMILES string of the molecule is CC(C)(CCNC(=O)CNC(=O)Cc1cccc2ccccc12)C(=O)O. The summed E-state index contributed by atoms with van der Waals surface area (Å²) in [5.41, 5.74) is 0.00876. The molecule has 0 saturated carbocycles. The minimum Gasteiger partial charge on any atom is -0.481 e. The molecule has 3 N–H and O–H groups in total. The van der Waals surface area contributed by atoms with Crippen molar-refractivity contribution in [3.8, 4) is 0 Å². The predicted molar refractivity (Wildman–Crippen MR) is 99.7 cm³/mol. The minimum atomic E-state index is -0.907. The Balaban J connectivity index is 1.79.